The van der Waals surface area contributed by atoms with E-state index in [0.29, 0.717) is 30.0 Å². The monoisotopic (exact) mass is 368 g/mol. The van der Waals surface area contributed by atoms with Crippen molar-refractivity contribution in [3.05, 3.63) is 65.0 Å². The van der Waals surface area contributed by atoms with E-state index in [9.17, 15) is 9.59 Å². The van der Waals surface area contributed by atoms with Gasteiger partial charge in [0.2, 0.25) is 5.91 Å². The van der Waals surface area contributed by atoms with Gasteiger partial charge in [-0.25, -0.2) is 5.10 Å². The number of H-pyrrole nitrogens is 1. The van der Waals surface area contributed by atoms with Crippen LogP contribution in [0.5, 0.6) is 0 Å². The van der Waals surface area contributed by atoms with Crippen LogP contribution < -0.4 is 16.2 Å². The Balaban J connectivity index is 1.40. The molecule has 3 N–H and O–H groups in total. The number of anilines is 1. The third-order valence-electron chi connectivity index (χ3n) is 3.78. The highest BCUT2D eigenvalue weighted by Crippen LogP contribution is 2.17. The molecule has 0 bridgehead atoms. The quantitative estimate of drug-likeness (QED) is 0.420. The third kappa shape index (κ3) is 4.86. The normalized spacial score (nSPS) is 10.6. The molecule has 1 aromatic heterocycles. The van der Waals surface area contributed by atoms with Gasteiger partial charge in [-0.05, 0) is 24.6 Å². The number of fused-ring (bicyclic) bond motifs is 1. The van der Waals surface area contributed by atoms with Crippen molar-refractivity contribution in [2.45, 2.75) is 11.3 Å². The molecule has 3 rings (SSSR count). The van der Waals surface area contributed by atoms with Crippen molar-refractivity contribution >= 4 is 34.3 Å². The molecule has 0 saturated heterocycles. The molecule has 0 unspecified atom stereocenters. The average Bonchev–Trinajstić information content (AvgIpc) is 2.69. The SMILES string of the molecule is O=C(CSc1ccccc1)NCCCNc1n[nH]c(=O)c2ccccc12. The zero-order valence-corrected chi connectivity index (χ0v) is 15.0. The van der Waals surface area contributed by atoms with Gasteiger partial charge >= 0.3 is 0 Å². The summed E-state index contributed by atoms with van der Waals surface area (Å²) in [6, 6.07) is 17.2. The van der Waals surface area contributed by atoms with Gasteiger partial charge in [-0.1, -0.05) is 36.4 Å². The number of benzene rings is 2. The highest BCUT2D eigenvalue weighted by molar-refractivity contribution is 8.00. The van der Waals surface area contributed by atoms with Gasteiger partial charge in [0.1, 0.15) is 0 Å². The third-order valence-corrected chi connectivity index (χ3v) is 4.79. The zero-order valence-electron chi connectivity index (χ0n) is 14.2. The minimum Gasteiger partial charge on any atom is -0.368 e. The van der Waals surface area contributed by atoms with E-state index >= 15 is 0 Å². The molecule has 2 aromatic carbocycles. The van der Waals surface area contributed by atoms with Gasteiger partial charge < -0.3 is 10.6 Å². The Hall–Kier alpha value is -2.80. The summed E-state index contributed by atoms with van der Waals surface area (Å²) in [5, 5.41) is 14.1. The molecule has 0 aliphatic carbocycles. The number of nitrogens with one attached hydrogen (secondary N) is 3. The number of aromatic nitrogens is 2. The second-order valence-electron chi connectivity index (χ2n) is 5.68. The van der Waals surface area contributed by atoms with Gasteiger partial charge in [-0.3, -0.25) is 9.59 Å². The van der Waals surface area contributed by atoms with Crippen LogP contribution in [0.1, 0.15) is 6.42 Å². The summed E-state index contributed by atoms with van der Waals surface area (Å²) in [6.07, 6.45) is 0.761. The van der Waals surface area contributed by atoms with Crippen LogP contribution in [0.4, 0.5) is 5.82 Å². The van der Waals surface area contributed by atoms with E-state index in [-0.39, 0.29) is 11.5 Å². The minimum atomic E-state index is -0.200. The standard InChI is InChI=1S/C19H20N4O2S/c24-17(13-26-14-7-2-1-3-8-14)20-11-6-12-21-18-15-9-4-5-10-16(15)19(25)23-22-18/h1-5,7-10H,6,11-13H2,(H,20,24)(H,21,22)(H,23,25). The first-order chi connectivity index (χ1) is 12.7. The van der Waals surface area contributed by atoms with Crippen molar-refractivity contribution in [1.29, 1.82) is 0 Å². The highest BCUT2D eigenvalue weighted by atomic mass is 32.2. The molecule has 0 fully saturated rings. The molecule has 0 radical (unpaired) electrons. The molecule has 134 valence electrons. The van der Waals surface area contributed by atoms with Crippen LogP contribution in [0.2, 0.25) is 0 Å². The molecule has 3 aromatic rings. The molecule has 6 nitrogen and oxygen atoms in total. The summed E-state index contributed by atoms with van der Waals surface area (Å²) in [6.45, 7) is 1.23. The lowest BCUT2D eigenvalue weighted by molar-refractivity contribution is -0.118. The molecule has 7 heteroatoms. The first kappa shape index (κ1) is 18.0. The van der Waals surface area contributed by atoms with Crippen LogP contribution >= 0.6 is 11.8 Å². The number of aromatic amines is 1. The van der Waals surface area contributed by atoms with E-state index in [1.54, 1.807) is 6.07 Å². The predicted octanol–water partition coefficient (Wildman–Crippen LogP) is 2.63. The summed E-state index contributed by atoms with van der Waals surface area (Å²) in [4.78, 5) is 24.7. The Kier molecular flexibility index (Phi) is 6.27. The lowest BCUT2D eigenvalue weighted by Crippen LogP contribution is -2.27. The summed E-state index contributed by atoms with van der Waals surface area (Å²) < 4.78 is 0. The number of carbonyl (C=O) groups is 1. The summed E-state index contributed by atoms with van der Waals surface area (Å²) in [5.74, 6) is 1.07. The first-order valence-corrected chi connectivity index (χ1v) is 9.38. The second kappa shape index (κ2) is 9.05. The number of hydrogen-bond donors (Lipinski definition) is 3. The van der Waals surface area contributed by atoms with Crippen molar-refractivity contribution in [1.82, 2.24) is 15.5 Å². The number of rotatable bonds is 8. The van der Waals surface area contributed by atoms with E-state index in [2.05, 4.69) is 20.8 Å². The van der Waals surface area contributed by atoms with Gasteiger partial charge in [-0.15, -0.1) is 11.8 Å². The topological polar surface area (TPSA) is 86.9 Å². The molecule has 0 aliphatic heterocycles. The van der Waals surface area contributed by atoms with E-state index in [0.717, 1.165) is 16.7 Å². The lowest BCUT2D eigenvalue weighted by atomic mass is 10.2. The maximum Gasteiger partial charge on any atom is 0.272 e. The fourth-order valence-corrected chi connectivity index (χ4v) is 3.24. The largest absolute Gasteiger partial charge is 0.368 e. The van der Waals surface area contributed by atoms with E-state index in [1.165, 1.54) is 11.8 Å². The van der Waals surface area contributed by atoms with Crippen molar-refractivity contribution in [3.8, 4) is 0 Å². The van der Waals surface area contributed by atoms with Crippen LogP contribution in [-0.4, -0.2) is 34.9 Å². The van der Waals surface area contributed by atoms with Gasteiger partial charge in [0.25, 0.3) is 5.56 Å². The smallest absolute Gasteiger partial charge is 0.272 e. The number of amides is 1. The van der Waals surface area contributed by atoms with E-state index in [1.807, 2.05) is 48.5 Å². The van der Waals surface area contributed by atoms with Gasteiger partial charge in [-0.2, -0.15) is 5.10 Å². The zero-order chi connectivity index (χ0) is 18.2. The fraction of sp³-hybridized carbons (Fsp3) is 0.211. The Morgan fingerprint density at radius 1 is 1.00 bits per heavy atom. The predicted molar refractivity (Wildman–Crippen MR) is 106 cm³/mol. The Bertz CT molecular complexity index is 927. The summed E-state index contributed by atoms with van der Waals surface area (Å²) >= 11 is 1.52. The van der Waals surface area contributed by atoms with Crippen LogP contribution in [0, 0.1) is 0 Å². The van der Waals surface area contributed by atoms with Crippen molar-refractivity contribution in [2.24, 2.45) is 0 Å². The summed E-state index contributed by atoms with van der Waals surface area (Å²) in [7, 11) is 0. The van der Waals surface area contributed by atoms with Crippen molar-refractivity contribution in [2.75, 3.05) is 24.2 Å². The van der Waals surface area contributed by atoms with Crippen LogP contribution in [-0.2, 0) is 4.79 Å². The molecule has 26 heavy (non-hydrogen) atoms. The van der Waals surface area contributed by atoms with Crippen LogP contribution in [0.15, 0.2) is 64.3 Å². The van der Waals surface area contributed by atoms with Gasteiger partial charge in [0.05, 0.1) is 11.1 Å². The van der Waals surface area contributed by atoms with Crippen molar-refractivity contribution in [3.63, 3.8) is 0 Å². The molecule has 0 atom stereocenters. The molecular formula is C19H20N4O2S. The molecule has 1 amide bonds. The summed E-state index contributed by atoms with van der Waals surface area (Å²) in [5.41, 5.74) is -0.200. The fourth-order valence-electron chi connectivity index (χ4n) is 2.49. The van der Waals surface area contributed by atoms with Gasteiger partial charge in [0.15, 0.2) is 5.82 Å². The van der Waals surface area contributed by atoms with Crippen molar-refractivity contribution < 1.29 is 4.79 Å². The van der Waals surface area contributed by atoms with E-state index in [4.69, 9.17) is 0 Å². The first-order valence-electron chi connectivity index (χ1n) is 8.40. The molecule has 1 heterocycles. The molecule has 0 spiro atoms. The molecule has 0 aliphatic rings. The van der Waals surface area contributed by atoms with E-state index < -0.39 is 0 Å². The second-order valence-corrected chi connectivity index (χ2v) is 6.73. The minimum absolute atomic E-state index is 0.0199. The number of nitrogens with zero attached hydrogens (tertiary/aromatic N) is 1. The van der Waals surface area contributed by atoms with Crippen LogP contribution in [0.25, 0.3) is 10.8 Å². The average molecular weight is 368 g/mol. The maximum absolute atomic E-state index is 11.9. The highest BCUT2D eigenvalue weighted by Gasteiger charge is 2.05. The number of hydrogen-bond acceptors (Lipinski definition) is 5. The Morgan fingerprint density at radius 2 is 1.73 bits per heavy atom. The number of carbonyl (C=O) groups excluding carboxylic acids is 1. The maximum atomic E-state index is 11.9. The lowest BCUT2D eigenvalue weighted by Gasteiger charge is -2.09. The molecule has 0 saturated carbocycles. The molecular weight excluding hydrogens is 348 g/mol. The Morgan fingerprint density at radius 3 is 2.54 bits per heavy atom. The number of thioether (sulfide) groups is 1. The Labute approximate surface area is 155 Å². The van der Waals surface area contributed by atoms with Crippen LogP contribution in [0.3, 0.4) is 0 Å². The van der Waals surface area contributed by atoms with Gasteiger partial charge in [0, 0.05) is 23.4 Å².